The molecule has 0 atom stereocenters. The maximum atomic E-state index is 5.30. The second-order valence-corrected chi connectivity index (χ2v) is 24.3. The van der Waals surface area contributed by atoms with Crippen LogP contribution < -0.4 is 20.7 Å². The molecule has 7 aromatic carbocycles. The average Bonchev–Trinajstić information content (AvgIpc) is 3.60. The Balaban J connectivity index is 1.16. The third-order valence-electron chi connectivity index (χ3n) is 11.8. The molecule has 0 amide bonds. The molecule has 0 fully saturated rings. The first-order valence-electron chi connectivity index (χ1n) is 18.8. The van der Waals surface area contributed by atoms with Crippen LogP contribution in [-0.2, 0) is 0 Å². The van der Waals surface area contributed by atoms with Crippen LogP contribution >= 0.6 is 0 Å². The molecule has 3 heterocycles. The molecule has 5 heteroatoms. The molecule has 0 aliphatic carbocycles. The van der Waals surface area contributed by atoms with Gasteiger partial charge in [0.2, 0.25) is 0 Å². The second-order valence-electron chi connectivity index (χ2n) is 15.6. The largest absolute Gasteiger partial charge is 0.208 e. The van der Waals surface area contributed by atoms with E-state index in [4.69, 9.17) is 15.0 Å². The van der Waals surface area contributed by atoms with E-state index in [-0.39, 0.29) is 0 Å². The highest BCUT2D eigenvalue weighted by molar-refractivity contribution is 7.04. The molecule has 0 unspecified atom stereocenters. The second kappa shape index (κ2) is 12.3. The molecule has 54 heavy (non-hydrogen) atoms. The van der Waals surface area contributed by atoms with Gasteiger partial charge in [0.05, 0.1) is 0 Å². The Morgan fingerprint density at radius 1 is 0.296 bits per heavy atom. The highest BCUT2D eigenvalue weighted by Crippen LogP contribution is 2.40. The lowest BCUT2D eigenvalue weighted by atomic mass is 9.93. The number of rotatable bonds is 5. The summed E-state index contributed by atoms with van der Waals surface area (Å²) in [6.45, 7) is 9.89. The Bertz CT molecular complexity index is 2590. The van der Waals surface area contributed by atoms with E-state index in [1.165, 1.54) is 65.3 Å². The van der Waals surface area contributed by atoms with Crippen LogP contribution in [0.4, 0.5) is 0 Å². The number of hydrogen-bond donors (Lipinski definition) is 0. The van der Waals surface area contributed by atoms with Crippen molar-refractivity contribution in [3.8, 4) is 78.7 Å². The van der Waals surface area contributed by atoms with E-state index in [1.807, 2.05) is 18.2 Å². The van der Waals surface area contributed by atoms with Crippen molar-refractivity contribution in [2.24, 2.45) is 0 Å². The SMILES string of the molecule is C[Si]1(C)c2ccc(-c3nc(-c4ccccc4)nc(-c4ccc5c(c4)-c4c(-c6ccccc6)cccc4[Si]5(C)C)n3)cc2-c2c(-c3ccccc3)cccc21. The van der Waals surface area contributed by atoms with Crippen LogP contribution in [0.15, 0.2) is 164 Å². The van der Waals surface area contributed by atoms with Crippen molar-refractivity contribution < 1.29 is 0 Å². The molecule has 0 spiro atoms. The molecule has 2 aliphatic rings. The summed E-state index contributed by atoms with van der Waals surface area (Å²) >= 11 is 0. The van der Waals surface area contributed by atoms with Crippen molar-refractivity contribution in [2.75, 3.05) is 0 Å². The minimum absolute atomic E-state index is 0.678. The van der Waals surface area contributed by atoms with E-state index in [9.17, 15) is 0 Å². The molecule has 10 rings (SSSR count). The first-order valence-corrected chi connectivity index (χ1v) is 24.8. The molecule has 0 saturated heterocycles. The molecule has 1 aromatic heterocycles. The van der Waals surface area contributed by atoms with Gasteiger partial charge in [0.1, 0.15) is 16.1 Å². The van der Waals surface area contributed by atoms with Crippen molar-refractivity contribution in [1.82, 2.24) is 15.0 Å². The zero-order chi connectivity index (χ0) is 36.6. The van der Waals surface area contributed by atoms with Gasteiger partial charge in [-0.1, -0.05) is 178 Å². The molecule has 0 bridgehead atoms. The molecule has 0 N–H and O–H groups in total. The predicted octanol–water partition coefficient (Wildman–Crippen LogP) is 9.81. The van der Waals surface area contributed by atoms with Gasteiger partial charge < -0.3 is 0 Å². The van der Waals surface area contributed by atoms with E-state index in [2.05, 4.69) is 172 Å². The van der Waals surface area contributed by atoms with Gasteiger partial charge in [-0.2, -0.15) is 0 Å². The Kier molecular flexibility index (Phi) is 7.41. The lowest BCUT2D eigenvalue weighted by molar-refractivity contribution is 1.07. The quantitative estimate of drug-likeness (QED) is 0.166. The fourth-order valence-electron chi connectivity index (χ4n) is 8.95. The zero-order valence-electron chi connectivity index (χ0n) is 30.9. The van der Waals surface area contributed by atoms with Crippen LogP contribution in [0.5, 0.6) is 0 Å². The van der Waals surface area contributed by atoms with Gasteiger partial charge in [-0.15, -0.1) is 0 Å². The van der Waals surface area contributed by atoms with Gasteiger partial charge in [0, 0.05) is 16.7 Å². The summed E-state index contributed by atoms with van der Waals surface area (Å²) in [6.07, 6.45) is 0. The predicted molar refractivity (Wildman–Crippen MR) is 231 cm³/mol. The molecule has 0 saturated carbocycles. The van der Waals surface area contributed by atoms with Crippen LogP contribution in [0.1, 0.15) is 0 Å². The molecular weight excluding hydrogens is 687 g/mol. The molecule has 0 radical (unpaired) electrons. The number of hydrogen-bond acceptors (Lipinski definition) is 3. The number of aromatic nitrogens is 3. The van der Waals surface area contributed by atoms with Gasteiger partial charge in [-0.3, -0.25) is 0 Å². The van der Waals surface area contributed by atoms with Crippen molar-refractivity contribution >= 4 is 36.9 Å². The van der Waals surface area contributed by atoms with Crippen LogP contribution in [-0.4, -0.2) is 31.1 Å². The maximum Gasteiger partial charge on any atom is 0.164 e. The van der Waals surface area contributed by atoms with Crippen LogP contribution in [0.25, 0.3) is 78.7 Å². The fraction of sp³-hybridized carbons (Fsp3) is 0.0816. The summed E-state index contributed by atoms with van der Waals surface area (Å²) in [5.41, 5.74) is 13.3. The van der Waals surface area contributed by atoms with E-state index in [0.717, 1.165) is 16.7 Å². The topological polar surface area (TPSA) is 38.7 Å². The lowest BCUT2D eigenvalue weighted by Crippen LogP contribution is -2.49. The Hall–Kier alpha value is -6.02. The lowest BCUT2D eigenvalue weighted by Gasteiger charge is -2.19. The first-order chi connectivity index (χ1) is 26.3. The summed E-state index contributed by atoms with van der Waals surface area (Å²) in [6, 6.07) is 59.4. The molecular formula is C49H39N3Si2. The minimum Gasteiger partial charge on any atom is -0.208 e. The van der Waals surface area contributed by atoms with Gasteiger partial charge in [0.15, 0.2) is 17.5 Å². The third kappa shape index (κ3) is 5.03. The van der Waals surface area contributed by atoms with Gasteiger partial charge >= 0.3 is 0 Å². The van der Waals surface area contributed by atoms with Crippen molar-refractivity contribution in [3.05, 3.63) is 164 Å². The van der Waals surface area contributed by atoms with Crippen molar-refractivity contribution in [1.29, 1.82) is 0 Å². The van der Waals surface area contributed by atoms with E-state index in [0.29, 0.717) is 17.5 Å². The summed E-state index contributed by atoms with van der Waals surface area (Å²) in [4.78, 5) is 15.7. The summed E-state index contributed by atoms with van der Waals surface area (Å²) in [7, 11) is -3.85. The Morgan fingerprint density at radius 2 is 0.667 bits per heavy atom. The average molecular weight is 726 g/mol. The van der Waals surface area contributed by atoms with Gasteiger partial charge in [0.25, 0.3) is 0 Å². The number of fused-ring (bicyclic) bond motifs is 6. The van der Waals surface area contributed by atoms with Gasteiger partial charge in [-0.05, 0) is 77.4 Å². The van der Waals surface area contributed by atoms with Gasteiger partial charge in [-0.25, -0.2) is 15.0 Å². The van der Waals surface area contributed by atoms with Crippen molar-refractivity contribution in [3.63, 3.8) is 0 Å². The zero-order valence-corrected chi connectivity index (χ0v) is 32.9. The number of benzene rings is 7. The standard InChI is InChI=1S/C49H39N3Si2/c1-53(2)41-28-26-35(30-39(41)45-37(22-14-24-43(45)53)32-16-8-5-9-17-32)48-50-47(34-20-12-7-13-21-34)51-49(52-48)36-27-29-42-40(31-36)46-38(33-18-10-6-11-19-33)23-15-25-44(46)54(42,3)4/h5-31H,1-4H3. The first kappa shape index (κ1) is 32.6. The Morgan fingerprint density at radius 3 is 1.07 bits per heavy atom. The smallest absolute Gasteiger partial charge is 0.164 e. The molecule has 258 valence electrons. The monoisotopic (exact) mass is 725 g/mol. The molecule has 2 aliphatic heterocycles. The number of nitrogens with zero attached hydrogens (tertiary/aromatic N) is 3. The van der Waals surface area contributed by atoms with Crippen LogP contribution in [0.2, 0.25) is 26.2 Å². The Labute approximate surface area is 319 Å². The van der Waals surface area contributed by atoms with E-state index in [1.54, 1.807) is 0 Å². The van der Waals surface area contributed by atoms with E-state index < -0.39 is 16.1 Å². The van der Waals surface area contributed by atoms with Crippen LogP contribution in [0, 0.1) is 0 Å². The van der Waals surface area contributed by atoms with Crippen molar-refractivity contribution in [2.45, 2.75) is 26.2 Å². The molecule has 3 nitrogen and oxygen atoms in total. The normalized spacial score (nSPS) is 14.2. The summed E-state index contributed by atoms with van der Waals surface area (Å²) in [5, 5.41) is 5.88. The third-order valence-corrected chi connectivity index (χ3v) is 18.8. The summed E-state index contributed by atoms with van der Waals surface area (Å²) < 4.78 is 0. The summed E-state index contributed by atoms with van der Waals surface area (Å²) in [5.74, 6) is 2.05. The maximum absolute atomic E-state index is 5.30. The van der Waals surface area contributed by atoms with Crippen LogP contribution in [0.3, 0.4) is 0 Å². The van der Waals surface area contributed by atoms with E-state index >= 15 is 0 Å². The highest BCUT2D eigenvalue weighted by atomic mass is 28.3. The highest BCUT2D eigenvalue weighted by Gasteiger charge is 2.40. The fourth-order valence-corrected chi connectivity index (χ4v) is 15.1. The minimum atomic E-state index is -1.93. The molecule has 8 aromatic rings.